The molecule has 19 heavy (non-hydrogen) atoms. The van der Waals surface area contributed by atoms with Crippen molar-refractivity contribution >= 4 is 29.1 Å². The van der Waals surface area contributed by atoms with Crippen molar-refractivity contribution in [1.82, 2.24) is 5.32 Å². The van der Waals surface area contributed by atoms with E-state index in [0.29, 0.717) is 13.1 Å². The lowest BCUT2D eigenvalue weighted by atomic mass is 10.0. The van der Waals surface area contributed by atoms with E-state index >= 15 is 0 Å². The third-order valence-electron chi connectivity index (χ3n) is 3.07. The van der Waals surface area contributed by atoms with Gasteiger partial charge in [0.05, 0.1) is 10.5 Å². The Morgan fingerprint density at radius 3 is 3.00 bits per heavy atom. The van der Waals surface area contributed by atoms with Crippen LogP contribution in [0.5, 0.6) is 0 Å². The Bertz CT molecular complexity index is 478. The summed E-state index contributed by atoms with van der Waals surface area (Å²) in [5, 5.41) is 24.2. The number of nitrogens with zero attached hydrogens (tertiary/aromatic N) is 1. The van der Waals surface area contributed by atoms with Crippen LogP contribution in [0.25, 0.3) is 0 Å². The molecule has 1 aromatic rings. The maximum Gasteiger partial charge on any atom is 0.288 e. The van der Waals surface area contributed by atoms with Gasteiger partial charge in [0.1, 0.15) is 5.02 Å². The molecule has 7 heteroatoms. The molecule has 2 rings (SSSR count). The van der Waals surface area contributed by atoms with Crippen molar-refractivity contribution in [2.24, 2.45) is 0 Å². The van der Waals surface area contributed by atoms with Crippen molar-refractivity contribution in [3.8, 4) is 0 Å². The van der Waals surface area contributed by atoms with Gasteiger partial charge in [-0.3, -0.25) is 10.1 Å². The first kappa shape index (κ1) is 14.6. The van der Waals surface area contributed by atoms with Gasteiger partial charge in [0.25, 0.3) is 5.69 Å². The van der Waals surface area contributed by atoms with Crippen molar-refractivity contribution in [2.75, 3.05) is 18.1 Å². The zero-order valence-corrected chi connectivity index (χ0v) is 11.8. The molecule has 2 N–H and O–H groups in total. The minimum atomic E-state index is -0.650. The summed E-state index contributed by atoms with van der Waals surface area (Å²) in [6.45, 7) is 0.974. The van der Waals surface area contributed by atoms with Crippen LogP contribution in [-0.2, 0) is 6.54 Å². The van der Waals surface area contributed by atoms with Gasteiger partial charge in [-0.05, 0) is 23.8 Å². The van der Waals surface area contributed by atoms with Crippen molar-refractivity contribution in [3.63, 3.8) is 0 Å². The number of hydrogen-bond acceptors (Lipinski definition) is 5. The molecule has 104 valence electrons. The van der Waals surface area contributed by atoms with Gasteiger partial charge in [-0.2, -0.15) is 11.8 Å². The minimum absolute atomic E-state index is 0.0869. The monoisotopic (exact) mass is 302 g/mol. The van der Waals surface area contributed by atoms with E-state index in [2.05, 4.69) is 5.32 Å². The molecule has 1 saturated heterocycles. The van der Waals surface area contributed by atoms with Crippen LogP contribution in [0.2, 0.25) is 5.02 Å². The second-order valence-corrected chi connectivity index (χ2v) is 6.19. The first-order valence-corrected chi connectivity index (χ1v) is 7.47. The summed E-state index contributed by atoms with van der Waals surface area (Å²) in [6, 6.07) is 4.73. The average molecular weight is 303 g/mol. The number of hydrogen-bond donors (Lipinski definition) is 2. The van der Waals surface area contributed by atoms with E-state index in [1.165, 1.54) is 12.1 Å². The quantitative estimate of drug-likeness (QED) is 0.644. The number of nitrogens with one attached hydrogen (secondary N) is 1. The molecule has 0 spiro atoms. The highest BCUT2D eigenvalue weighted by molar-refractivity contribution is 7.99. The SMILES string of the molecule is O=[N+]([O-])c1cc(CNCC2(O)CCSC2)ccc1Cl. The molecule has 0 aromatic heterocycles. The van der Waals surface area contributed by atoms with Crippen LogP contribution in [0.4, 0.5) is 5.69 Å². The summed E-state index contributed by atoms with van der Waals surface area (Å²) in [6.07, 6.45) is 0.783. The van der Waals surface area contributed by atoms with Crippen molar-refractivity contribution in [1.29, 1.82) is 0 Å². The molecule has 1 heterocycles. The van der Waals surface area contributed by atoms with Gasteiger partial charge in [0.2, 0.25) is 0 Å². The summed E-state index contributed by atoms with van der Waals surface area (Å²) in [7, 11) is 0. The number of halogens is 1. The summed E-state index contributed by atoms with van der Waals surface area (Å²) >= 11 is 7.48. The van der Waals surface area contributed by atoms with Crippen LogP contribution in [-0.4, -0.2) is 33.7 Å². The van der Waals surface area contributed by atoms with Gasteiger partial charge in [-0.1, -0.05) is 17.7 Å². The van der Waals surface area contributed by atoms with Crippen LogP contribution in [0.15, 0.2) is 18.2 Å². The van der Waals surface area contributed by atoms with Crippen LogP contribution in [0, 0.1) is 10.1 Å². The predicted octanol–water partition coefficient (Wildman–Crippen LogP) is 2.21. The Labute approximate surface area is 120 Å². The molecule has 0 saturated carbocycles. The number of thioether (sulfide) groups is 1. The maximum absolute atomic E-state index is 10.8. The van der Waals surface area contributed by atoms with Crippen LogP contribution in [0.3, 0.4) is 0 Å². The molecule has 5 nitrogen and oxygen atoms in total. The lowest BCUT2D eigenvalue weighted by Crippen LogP contribution is -2.40. The fraction of sp³-hybridized carbons (Fsp3) is 0.500. The number of benzene rings is 1. The highest BCUT2D eigenvalue weighted by atomic mass is 35.5. The van der Waals surface area contributed by atoms with Crippen molar-refractivity contribution in [2.45, 2.75) is 18.6 Å². The number of aliphatic hydroxyl groups is 1. The number of nitro groups is 1. The third-order valence-corrected chi connectivity index (χ3v) is 4.63. The van der Waals surface area contributed by atoms with E-state index in [9.17, 15) is 15.2 Å². The molecule has 0 aliphatic carbocycles. The van der Waals surface area contributed by atoms with E-state index in [0.717, 1.165) is 23.5 Å². The standard InChI is InChI=1S/C12H15ClN2O3S/c13-10-2-1-9(5-11(10)15(17)18)6-14-7-12(16)3-4-19-8-12/h1-2,5,14,16H,3-4,6-8H2. The molecule has 1 unspecified atom stereocenters. The van der Waals surface area contributed by atoms with E-state index in [1.807, 2.05) is 0 Å². The van der Waals surface area contributed by atoms with Gasteiger partial charge in [0.15, 0.2) is 0 Å². The number of rotatable bonds is 5. The zero-order chi connectivity index (χ0) is 13.9. The summed E-state index contributed by atoms with van der Waals surface area (Å²) in [4.78, 5) is 10.3. The first-order chi connectivity index (χ1) is 9.00. The van der Waals surface area contributed by atoms with Crippen molar-refractivity contribution in [3.05, 3.63) is 38.9 Å². The van der Waals surface area contributed by atoms with Crippen LogP contribution >= 0.6 is 23.4 Å². The molecule has 0 amide bonds. The Hall–Kier alpha value is -0.820. The van der Waals surface area contributed by atoms with Gasteiger partial charge >= 0.3 is 0 Å². The lowest BCUT2D eigenvalue weighted by molar-refractivity contribution is -0.384. The smallest absolute Gasteiger partial charge is 0.288 e. The van der Waals surface area contributed by atoms with Gasteiger partial charge in [-0.25, -0.2) is 0 Å². The topological polar surface area (TPSA) is 75.4 Å². The van der Waals surface area contributed by atoms with E-state index < -0.39 is 10.5 Å². The summed E-state index contributed by atoms with van der Waals surface area (Å²) in [5.74, 6) is 1.71. The molecular formula is C12H15ClN2O3S. The molecular weight excluding hydrogens is 288 g/mol. The second kappa shape index (κ2) is 6.09. The van der Waals surface area contributed by atoms with Gasteiger partial charge in [-0.15, -0.1) is 0 Å². The van der Waals surface area contributed by atoms with Crippen LogP contribution < -0.4 is 5.32 Å². The summed E-state index contributed by atoms with van der Waals surface area (Å²) in [5.41, 5.74) is 0.0460. The maximum atomic E-state index is 10.8. The minimum Gasteiger partial charge on any atom is -0.388 e. The molecule has 0 bridgehead atoms. The predicted molar refractivity (Wildman–Crippen MR) is 76.7 cm³/mol. The number of nitro benzene ring substituents is 1. The molecule has 1 aliphatic rings. The Morgan fingerprint density at radius 1 is 1.58 bits per heavy atom. The third kappa shape index (κ3) is 3.82. The largest absolute Gasteiger partial charge is 0.388 e. The first-order valence-electron chi connectivity index (χ1n) is 5.94. The molecule has 1 atom stereocenters. The van der Waals surface area contributed by atoms with E-state index in [1.54, 1.807) is 17.8 Å². The van der Waals surface area contributed by atoms with Crippen LogP contribution in [0.1, 0.15) is 12.0 Å². The summed E-state index contributed by atoms with van der Waals surface area (Å²) < 4.78 is 0. The highest BCUT2D eigenvalue weighted by Gasteiger charge is 2.31. The molecule has 1 fully saturated rings. The molecule has 1 aromatic carbocycles. The lowest BCUT2D eigenvalue weighted by Gasteiger charge is -2.21. The van der Waals surface area contributed by atoms with Crippen molar-refractivity contribution < 1.29 is 10.0 Å². The second-order valence-electron chi connectivity index (χ2n) is 4.67. The molecule has 1 aliphatic heterocycles. The Balaban J connectivity index is 1.92. The Kier molecular flexibility index (Phi) is 4.67. The van der Waals surface area contributed by atoms with E-state index in [4.69, 9.17) is 11.6 Å². The van der Waals surface area contributed by atoms with Gasteiger partial charge in [0, 0.05) is 24.9 Å². The van der Waals surface area contributed by atoms with Gasteiger partial charge < -0.3 is 10.4 Å². The molecule has 0 radical (unpaired) electrons. The fourth-order valence-corrected chi connectivity index (χ4v) is 3.47. The average Bonchev–Trinajstić information content (AvgIpc) is 2.78. The fourth-order valence-electron chi connectivity index (χ4n) is 1.98. The highest BCUT2D eigenvalue weighted by Crippen LogP contribution is 2.27. The van der Waals surface area contributed by atoms with E-state index in [-0.39, 0.29) is 10.7 Å². The normalized spacial score (nSPS) is 22.6. The zero-order valence-electron chi connectivity index (χ0n) is 10.3. The Morgan fingerprint density at radius 2 is 2.37 bits per heavy atom.